The first-order chi connectivity index (χ1) is 13.2. The largest absolute Gasteiger partial charge is 0.343 e. The van der Waals surface area contributed by atoms with Gasteiger partial charge >= 0.3 is 0 Å². The Bertz CT molecular complexity index is 954. The maximum Gasteiger partial charge on any atom is 0.231 e. The van der Waals surface area contributed by atoms with Crippen molar-refractivity contribution in [3.63, 3.8) is 0 Å². The molecule has 3 N–H and O–H groups in total. The number of aromatic nitrogens is 1. The first-order valence-electron chi connectivity index (χ1n) is 8.78. The molecule has 1 aliphatic rings. The van der Waals surface area contributed by atoms with Crippen molar-refractivity contribution in [2.24, 2.45) is 4.99 Å². The van der Waals surface area contributed by atoms with Crippen molar-refractivity contribution in [2.45, 2.75) is 12.8 Å². The number of benzene rings is 2. The van der Waals surface area contributed by atoms with E-state index in [1.807, 2.05) is 49.4 Å². The predicted octanol–water partition coefficient (Wildman–Crippen LogP) is 3.51. The standard InChI is InChI=1S/C20H20FN5O/c1-13(18-10-19(27-26-18)25-20-23-11-22-12-24-20)15-7-8-16(17(21)9-15)14-5-3-2-4-6-14/h2-10,13,22H,11-12H2,1H3,(H2,23,24,25). The predicted molar refractivity (Wildman–Crippen MR) is 103 cm³/mol. The van der Waals surface area contributed by atoms with Crippen LogP contribution in [-0.4, -0.2) is 24.5 Å². The van der Waals surface area contributed by atoms with Crippen LogP contribution in [0.5, 0.6) is 0 Å². The lowest BCUT2D eigenvalue weighted by atomic mass is 9.95. The molecule has 3 aromatic rings. The van der Waals surface area contributed by atoms with Gasteiger partial charge in [-0.1, -0.05) is 54.5 Å². The van der Waals surface area contributed by atoms with Gasteiger partial charge in [0.15, 0.2) is 0 Å². The molecule has 0 saturated heterocycles. The summed E-state index contributed by atoms with van der Waals surface area (Å²) in [5.41, 5.74) is 3.00. The summed E-state index contributed by atoms with van der Waals surface area (Å²) in [5, 5.41) is 13.3. The van der Waals surface area contributed by atoms with Crippen molar-refractivity contribution >= 4 is 11.8 Å². The molecule has 7 heteroatoms. The van der Waals surface area contributed by atoms with E-state index < -0.39 is 0 Å². The Hall–Kier alpha value is -3.19. The number of nitrogens with one attached hydrogen (secondary N) is 3. The Balaban J connectivity index is 1.52. The number of anilines is 1. The van der Waals surface area contributed by atoms with E-state index in [2.05, 4.69) is 26.1 Å². The number of hydrogen-bond acceptors (Lipinski definition) is 6. The quantitative estimate of drug-likeness (QED) is 0.660. The zero-order valence-corrected chi connectivity index (χ0v) is 14.9. The van der Waals surface area contributed by atoms with Crippen LogP contribution in [0.25, 0.3) is 11.1 Å². The molecule has 0 bridgehead atoms. The summed E-state index contributed by atoms with van der Waals surface area (Å²) in [6.45, 7) is 3.15. The van der Waals surface area contributed by atoms with Crippen molar-refractivity contribution in [3.8, 4) is 11.1 Å². The first kappa shape index (κ1) is 17.2. The summed E-state index contributed by atoms with van der Waals surface area (Å²) in [5.74, 6) is 0.765. The fourth-order valence-corrected chi connectivity index (χ4v) is 2.97. The van der Waals surface area contributed by atoms with Gasteiger partial charge in [0.2, 0.25) is 11.8 Å². The number of halogens is 1. The molecule has 2 heterocycles. The van der Waals surface area contributed by atoms with Gasteiger partial charge in [0.05, 0.1) is 19.0 Å². The molecule has 0 spiro atoms. The Morgan fingerprint density at radius 1 is 1.15 bits per heavy atom. The van der Waals surface area contributed by atoms with E-state index in [0.717, 1.165) is 16.8 Å². The van der Waals surface area contributed by atoms with E-state index in [1.54, 1.807) is 12.1 Å². The lowest BCUT2D eigenvalue weighted by Crippen LogP contribution is -2.42. The van der Waals surface area contributed by atoms with Gasteiger partial charge in [-0.05, 0) is 17.2 Å². The van der Waals surface area contributed by atoms with Gasteiger partial charge in [-0.25, -0.2) is 9.38 Å². The maximum absolute atomic E-state index is 14.6. The highest BCUT2D eigenvalue weighted by Gasteiger charge is 2.17. The van der Waals surface area contributed by atoms with E-state index in [-0.39, 0.29) is 11.7 Å². The highest BCUT2D eigenvalue weighted by Crippen LogP contribution is 2.29. The fraction of sp³-hybridized carbons (Fsp3) is 0.200. The smallest absolute Gasteiger partial charge is 0.231 e. The Labute approximate surface area is 156 Å². The van der Waals surface area contributed by atoms with Crippen molar-refractivity contribution in [1.29, 1.82) is 0 Å². The Morgan fingerprint density at radius 3 is 2.74 bits per heavy atom. The average Bonchev–Trinajstić information content (AvgIpc) is 3.17. The van der Waals surface area contributed by atoms with Crippen molar-refractivity contribution in [2.75, 3.05) is 18.7 Å². The third-order valence-corrected chi connectivity index (χ3v) is 4.52. The van der Waals surface area contributed by atoms with Crippen LogP contribution in [0.1, 0.15) is 24.1 Å². The fourth-order valence-electron chi connectivity index (χ4n) is 2.97. The van der Waals surface area contributed by atoms with Crippen LogP contribution in [0.3, 0.4) is 0 Å². The molecule has 0 aliphatic carbocycles. The third-order valence-electron chi connectivity index (χ3n) is 4.52. The number of guanidine groups is 1. The van der Waals surface area contributed by atoms with Gasteiger partial charge in [-0.2, -0.15) is 0 Å². The molecule has 6 nitrogen and oxygen atoms in total. The molecule has 1 atom stereocenters. The second-order valence-electron chi connectivity index (χ2n) is 6.34. The molecular formula is C20H20FN5O. The number of nitrogens with zero attached hydrogens (tertiary/aromatic N) is 2. The lowest BCUT2D eigenvalue weighted by molar-refractivity contribution is 0.424. The third kappa shape index (κ3) is 3.83. The van der Waals surface area contributed by atoms with Crippen LogP contribution in [0.15, 0.2) is 64.1 Å². The Kier molecular flexibility index (Phi) is 4.84. The normalized spacial score (nSPS) is 15.0. The molecule has 0 fully saturated rings. The molecule has 1 aromatic heterocycles. The highest BCUT2D eigenvalue weighted by molar-refractivity contribution is 5.92. The van der Waals surface area contributed by atoms with Gasteiger partial charge in [0.25, 0.3) is 0 Å². The van der Waals surface area contributed by atoms with Gasteiger partial charge in [-0.15, -0.1) is 0 Å². The van der Waals surface area contributed by atoms with E-state index in [1.165, 1.54) is 0 Å². The summed E-state index contributed by atoms with van der Waals surface area (Å²) in [7, 11) is 0. The SMILES string of the molecule is CC(c1ccc(-c2ccccc2)c(F)c1)c1cc(NC2=NCNCN2)on1. The van der Waals surface area contributed by atoms with Crippen molar-refractivity contribution in [1.82, 2.24) is 15.8 Å². The lowest BCUT2D eigenvalue weighted by Gasteiger charge is -2.15. The first-order valence-corrected chi connectivity index (χ1v) is 8.78. The summed E-state index contributed by atoms with van der Waals surface area (Å²) in [4.78, 5) is 4.23. The van der Waals surface area contributed by atoms with Gasteiger partial charge in [0, 0.05) is 17.5 Å². The van der Waals surface area contributed by atoms with E-state index in [9.17, 15) is 4.39 Å². The van der Waals surface area contributed by atoms with Crippen molar-refractivity contribution < 1.29 is 8.91 Å². The van der Waals surface area contributed by atoms with Gasteiger partial charge in [0.1, 0.15) is 5.82 Å². The molecule has 2 aromatic carbocycles. The van der Waals surface area contributed by atoms with Crippen LogP contribution < -0.4 is 16.0 Å². The van der Waals surface area contributed by atoms with Crippen molar-refractivity contribution in [3.05, 3.63) is 71.7 Å². The minimum absolute atomic E-state index is 0.105. The second kappa shape index (κ2) is 7.59. The zero-order valence-electron chi connectivity index (χ0n) is 14.9. The summed E-state index contributed by atoms with van der Waals surface area (Å²) in [6, 6.07) is 16.6. The second-order valence-corrected chi connectivity index (χ2v) is 6.34. The molecule has 27 heavy (non-hydrogen) atoms. The maximum atomic E-state index is 14.6. The summed E-state index contributed by atoms with van der Waals surface area (Å²) >= 11 is 0. The molecule has 4 rings (SSSR count). The van der Waals surface area contributed by atoms with Crippen LogP contribution >= 0.6 is 0 Å². The van der Waals surface area contributed by atoms with Crippen LogP contribution in [-0.2, 0) is 0 Å². The monoisotopic (exact) mass is 365 g/mol. The molecule has 0 saturated carbocycles. The number of aliphatic imine (C=N–C) groups is 1. The topological polar surface area (TPSA) is 74.5 Å². The minimum Gasteiger partial charge on any atom is -0.343 e. The molecule has 0 amide bonds. The highest BCUT2D eigenvalue weighted by atomic mass is 19.1. The van der Waals surface area contributed by atoms with Crippen LogP contribution in [0, 0.1) is 5.82 Å². The molecule has 138 valence electrons. The summed E-state index contributed by atoms with van der Waals surface area (Å²) in [6.07, 6.45) is 0. The Morgan fingerprint density at radius 2 is 2.00 bits per heavy atom. The molecule has 0 radical (unpaired) electrons. The van der Waals surface area contributed by atoms with Crippen LogP contribution in [0.2, 0.25) is 0 Å². The number of rotatable bonds is 4. The minimum atomic E-state index is -0.249. The zero-order chi connectivity index (χ0) is 18.6. The summed E-state index contributed by atoms with van der Waals surface area (Å²) < 4.78 is 20.0. The van der Waals surface area contributed by atoms with E-state index in [4.69, 9.17) is 4.52 Å². The van der Waals surface area contributed by atoms with Crippen LogP contribution in [0.4, 0.5) is 10.3 Å². The molecular weight excluding hydrogens is 345 g/mol. The number of hydrogen-bond donors (Lipinski definition) is 3. The van der Waals surface area contributed by atoms with Gasteiger partial charge in [-0.3, -0.25) is 10.6 Å². The average molecular weight is 365 g/mol. The van der Waals surface area contributed by atoms with E-state index in [0.29, 0.717) is 30.7 Å². The molecule has 1 unspecified atom stereocenters. The van der Waals surface area contributed by atoms with Gasteiger partial charge < -0.3 is 9.84 Å². The van der Waals surface area contributed by atoms with E-state index >= 15 is 0 Å². The molecule has 1 aliphatic heterocycles.